The number of anilines is 2. The predicted octanol–water partition coefficient (Wildman–Crippen LogP) is 3.70. The first-order valence-corrected chi connectivity index (χ1v) is 11.4. The van der Waals surface area contributed by atoms with E-state index in [0.29, 0.717) is 31.3 Å². The molecule has 8 heteroatoms. The van der Waals surface area contributed by atoms with Crippen LogP contribution in [0, 0.1) is 0 Å². The fourth-order valence-corrected chi connectivity index (χ4v) is 3.93. The first kappa shape index (κ1) is 23.3. The molecule has 0 aliphatic carbocycles. The molecule has 3 aromatic rings. The maximum atomic E-state index is 12.3. The highest BCUT2D eigenvalue weighted by molar-refractivity contribution is 5.87. The lowest BCUT2D eigenvalue weighted by atomic mass is 10.0. The van der Waals surface area contributed by atoms with Gasteiger partial charge >= 0.3 is 0 Å². The molecule has 0 bridgehead atoms. The van der Waals surface area contributed by atoms with Gasteiger partial charge in [0.15, 0.2) is 0 Å². The second kappa shape index (κ2) is 11.3. The zero-order valence-corrected chi connectivity index (χ0v) is 19.3. The van der Waals surface area contributed by atoms with Gasteiger partial charge in [0.1, 0.15) is 29.5 Å². The molecule has 0 spiro atoms. The first-order valence-electron chi connectivity index (χ1n) is 11.4. The molecule has 0 atom stereocenters. The summed E-state index contributed by atoms with van der Waals surface area (Å²) < 4.78 is 5.89. The van der Waals surface area contributed by atoms with Gasteiger partial charge in [-0.3, -0.25) is 4.79 Å². The van der Waals surface area contributed by atoms with Crippen molar-refractivity contribution >= 4 is 17.5 Å². The summed E-state index contributed by atoms with van der Waals surface area (Å²) in [6.45, 7) is 2.07. The molecule has 8 nitrogen and oxygen atoms in total. The van der Waals surface area contributed by atoms with Crippen LogP contribution in [-0.4, -0.2) is 53.5 Å². The van der Waals surface area contributed by atoms with Gasteiger partial charge in [0.2, 0.25) is 5.91 Å². The van der Waals surface area contributed by atoms with Crippen LogP contribution in [0.15, 0.2) is 73.1 Å². The number of amides is 1. The number of aromatic nitrogens is 2. The van der Waals surface area contributed by atoms with Crippen LogP contribution in [0.2, 0.25) is 0 Å². The largest absolute Gasteiger partial charge is 0.457 e. The number of piperidine rings is 1. The number of ether oxygens (including phenoxy) is 1. The number of hydrogen-bond acceptors (Lipinski definition) is 7. The Morgan fingerprint density at radius 3 is 2.50 bits per heavy atom. The summed E-state index contributed by atoms with van der Waals surface area (Å²) in [4.78, 5) is 22.9. The molecule has 2 aromatic carbocycles. The molecule has 0 unspecified atom stereocenters. The van der Waals surface area contributed by atoms with E-state index in [4.69, 9.17) is 10.5 Å². The van der Waals surface area contributed by atoms with Crippen LogP contribution in [-0.2, 0) is 4.79 Å². The van der Waals surface area contributed by atoms with Crippen LogP contribution >= 0.6 is 0 Å². The van der Waals surface area contributed by atoms with Gasteiger partial charge in [-0.1, -0.05) is 36.4 Å². The lowest BCUT2D eigenvalue weighted by Gasteiger charge is -2.32. The maximum absolute atomic E-state index is 12.3. The molecule has 1 aliphatic heterocycles. The van der Waals surface area contributed by atoms with E-state index < -0.39 is 0 Å². The summed E-state index contributed by atoms with van der Waals surface area (Å²) in [6.07, 6.45) is 6.62. The molecule has 1 saturated heterocycles. The molecular weight excluding hydrogens is 428 g/mol. The fraction of sp³-hybridized carbons (Fsp3) is 0.269. The molecule has 0 radical (unpaired) electrons. The van der Waals surface area contributed by atoms with Gasteiger partial charge in [-0.25, -0.2) is 9.97 Å². The number of hydrogen-bond donors (Lipinski definition) is 3. The van der Waals surface area contributed by atoms with Crippen molar-refractivity contribution in [1.29, 1.82) is 0 Å². The Morgan fingerprint density at radius 1 is 1.09 bits per heavy atom. The summed E-state index contributed by atoms with van der Waals surface area (Å²) in [5, 5.41) is 6.53. The van der Waals surface area contributed by atoms with Crippen LogP contribution in [0.4, 0.5) is 11.6 Å². The van der Waals surface area contributed by atoms with Gasteiger partial charge in [-0.15, -0.1) is 0 Å². The number of nitrogens with two attached hydrogens (primary N) is 1. The molecule has 176 valence electrons. The number of nitrogens with zero attached hydrogens (tertiary/aromatic N) is 3. The van der Waals surface area contributed by atoms with Crippen molar-refractivity contribution < 1.29 is 9.53 Å². The van der Waals surface area contributed by atoms with Crippen molar-refractivity contribution in [3.8, 4) is 22.6 Å². The maximum Gasteiger partial charge on any atom is 0.246 e. The number of nitrogens with one attached hydrogen (secondary N) is 2. The van der Waals surface area contributed by atoms with E-state index in [1.807, 2.05) is 72.6 Å². The molecule has 1 aromatic heterocycles. The van der Waals surface area contributed by atoms with Crippen molar-refractivity contribution in [2.24, 2.45) is 0 Å². The number of carbonyl (C=O) groups is 1. The minimum absolute atomic E-state index is 0.0541. The minimum Gasteiger partial charge on any atom is -0.457 e. The highest BCUT2D eigenvalue weighted by Crippen LogP contribution is 2.33. The standard InChI is InChI=1S/C26H30N6O2/c1-28-15-5-8-23(33)32-16-13-20(14-17-32)31-26-24(25(27)29-18-30-26)19-9-11-22(12-10-19)34-21-6-3-2-4-7-21/h2-12,18,20,28H,13-17H2,1H3,(H3,27,29,30,31)/b8-5+. The van der Waals surface area contributed by atoms with Crippen molar-refractivity contribution in [1.82, 2.24) is 20.2 Å². The van der Waals surface area contributed by atoms with Crippen LogP contribution in [0.3, 0.4) is 0 Å². The van der Waals surface area contributed by atoms with Gasteiger partial charge in [0, 0.05) is 31.8 Å². The first-order chi connectivity index (χ1) is 16.6. The lowest BCUT2D eigenvalue weighted by Crippen LogP contribution is -2.42. The second-order valence-corrected chi connectivity index (χ2v) is 8.13. The van der Waals surface area contributed by atoms with E-state index in [1.165, 1.54) is 6.33 Å². The topological polar surface area (TPSA) is 105 Å². The molecule has 1 fully saturated rings. The van der Waals surface area contributed by atoms with Crippen molar-refractivity contribution in [2.75, 3.05) is 37.7 Å². The Balaban J connectivity index is 1.42. The number of likely N-dealkylation sites (N-methyl/N-ethyl adjacent to an activating group) is 1. The normalized spacial score (nSPS) is 14.3. The van der Waals surface area contributed by atoms with Gasteiger partial charge in [0.25, 0.3) is 0 Å². The van der Waals surface area contributed by atoms with Gasteiger partial charge < -0.3 is 26.0 Å². The fourth-order valence-electron chi connectivity index (χ4n) is 3.93. The summed E-state index contributed by atoms with van der Waals surface area (Å²) >= 11 is 0. The molecule has 34 heavy (non-hydrogen) atoms. The van der Waals surface area contributed by atoms with Crippen molar-refractivity contribution in [3.05, 3.63) is 73.1 Å². The SMILES string of the molecule is CNC/C=C/C(=O)N1CCC(Nc2ncnc(N)c2-c2ccc(Oc3ccccc3)cc2)CC1. The van der Waals surface area contributed by atoms with Crippen LogP contribution < -0.4 is 21.1 Å². The molecule has 4 N–H and O–H groups in total. The van der Waals surface area contributed by atoms with Crippen LogP contribution in [0.25, 0.3) is 11.1 Å². The Bertz CT molecular complexity index is 1110. The Morgan fingerprint density at radius 2 is 1.79 bits per heavy atom. The lowest BCUT2D eigenvalue weighted by molar-refractivity contribution is -0.126. The zero-order chi connectivity index (χ0) is 23.8. The molecular formula is C26H30N6O2. The molecule has 1 amide bonds. The number of likely N-dealkylation sites (tertiary alicyclic amines) is 1. The molecule has 2 heterocycles. The minimum atomic E-state index is 0.0541. The number of benzene rings is 2. The molecule has 1 aliphatic rings. The highest BCUT2D eigenvalue weighted by atomic mass is 16.5. The van der Waals surface area contributed by atoms with Crippen molar-refractivity contribution in [2.45, 2.75) is 18.9 Å². The van der Waals surface area contributed by atoms with E-state index in [-0.39, 0.29) is 11.9 Å². The monoisotopic (exact) mass is 458 g/mol. The summed E-state index contributed by atoms with van der Waals surface area (Å²) in [5.41, 5.74) is 7.92. The third-order valence-corrected chi connectivity index (χ3v) is 5.73. The number of para-hydroxylation sites is 1. The predicted molar refractivity (Wildman–Crippen MR) is 135 cm³/mol. The Hall–Kier alpha value is -3.91. The average Bonchev–Trinajstić information content (AvgIpc) is 2.86. The van der Waals surface area contributed by atoms with E-state index >= 15 is 0 Å². The number of nitrogen functional groups attached to an aromatic ring is 1. The Kier molecular flexibility index (Phi) is 7.72. The van der Waals surface area contributed by atoms with Crippen LogP contribution in [0.1, 0.15) is 12.8 Å². The number of carbonyl (C=O) groups excluding carboxylic acids is 1. The third-order valence-electron chi connectivity index (χ3n) is 5.73. The van der Waals surface area contributed by atoms with Gasteiger partial charge in [-0.2, -0.15) is 0 Å². The summed E-state index contributed by atoms with van der Waals surface area (Å²) in [5.74, 6) is 2.68. The van der Waals surface area contributed by atoms with E-state index in [9.17, 15) is 4.79 Å². The van der Waals surface area contributed by atoms with Gasteiger partial charge in [0.05, 0.1) is 5.56 Å². The Labute approximate surface area is 199 Å². The van der Waals surface area contributed by atoms with Crippen molar-refractivity contribution in [3.63, 3.8) is 0 Å². The second-order valence-electron chi connectivity index (χ2n) is 8.13. The molecule has 4 rings (SSSR count). The quantitative estimate of drug-likeness (QED) is 0.442. The number of rotatable bonds is 8. The third kappa shape index (κ3) is 5.90. The average molecular weight is 459 g/mol. The smallest absolute Gasteiger partial charge is 0.246 e. The summed E-state index contributed by atoms with van der Waals surface area (Å²) in [6, 6.07) is 17.6. The molecule has 0 saturated carbocycles. The highest BCUT2D eigenvalue weighted by Gasteiger charge is 2.23. The van der Waals surface area contributed by atoms with E-state index in [2.05, 4.69) is 20.6 Å². The zero-order valence-electron chi connectivity index (χ0n) is 19.3. The van der Waals surface area contributed by atoms with Crippen LogP contribution in [0.5, 0.6) is 11.5 Å². The van der Waals surface area contributed by atoms with Gasteiger partial charge in [-0.05, 0) is 49.7 Å². The van der Waals surface area contributed by atoms with E-state index in [1.54, 1.807) is 6.08 Å². The van der Waals surface area contributed by atoms with E-state index in [0.717, 1.165) is 35.5 Å². The summed E-state index contributed by atoms with van der Waals surface area (Å²) in [7, 11) is 1.85.